The van der Waals surface area contributed by atoms with Crippen molar-refractivity contribution in [1.29, 1.82) is 0 Å². The van der Waals surface area contributed by atoms with E-state index in [-0.39, 0.29) is 18.4 Å². The van der Waals surface area contributed by atoms with E-state index in [1.807, 2.05) is 30.3 Å². The van der Waals surface area contributed by atoms with Crippen LogP contribution in [0.4, 0.5) is 11.6 Å². The predicted octanol–water partition coefficient (Wildman–Crippen LogP) is 0.523. The van der Waals surface area contributed by atoms with Gasteiger partial charge in [-0.15, -0.1) is 5.10 Å². The minimum Gasteiger partial charge on any atom is -0.367 e. The van der Waals surface area contributed by atoms with Crippen LogP contribution in [0.3, 0.4) is 0 Å². The van der Waals surface area contributed by atoms with Crippen LogP contribution in [0, 0.1) is 0 Å². The highest BCUT2D eigenvalue weighted by molar-refractivity contribution is 5.92. The summed E-state index contributed by atoms with van der Waals surface area (Å²) in [7, 11) is 1.72. The van der Waals surface area contributed by atoms with Gasteiger partial charge in [0.05, 0.1) is 0 Å². The maximum atomic E-state index is 11.9. The monoisotopic (exact) mass is 231 g/mol. The van der Waals surface area contributed by atoms with Crippen LogP contribution in [-0.2, 0) is 11.3 Å². The van der Waals surface area contributed by atoms with Gasteiger partial charge in [-0.1, -0.05) is 18.2 Å². The molecule has 0 saturated heterocycles. The molecule has 1 heterocycles. The van der Waals surface area contributed by atoms with E-state index in [1.54, 1.807) is 11.9 Å². The lowest BCUT2D eigenvalue weighted by Gasteiger charge is -2.16. The topological polar surface area (TPSA) is 77.0 Å². The van der Waals surface area contributed by atoms with E-state index in [1.165, 1.54) is 11.0 Å². The highest BCUT2D eigenvalue weighted by Crippen LogP contribution is 2.11. The minimum absolute atomic E-state index is 0.0823. The van der Waals surface area contributed by atoms with Crippen molar-refractivity contribution >= 4 is 17.5 Å². The summed E-state index contributed by atoms with van der Waals surface area (Å²) in [5, 5.41) is 3.86. The molecule has 0 spiro atoms. The fraction of sp³-hybridized carbons (Fsp3) is 0.182. The highest BCUT2D eigenvalue weighted by Gasteiger charge is 2.11. The summed E-state index contributed by atoms with van der Waals surface area (Å²) in [6, 6.07) is 9.40. The lowest BCUT2D eigenvalue weighted by molar-refractivity contribution is -0.119. The van der Waals surface area contributed by atoms with Crippen LogP contribution in [0.15, 0.2) is 36.7 Å². The first-order valence-corrected chi connectivity index (χ1v) is 5.13. The Morgan fingerprint density at radius 1 is 1.41 bits per heavy atom. The number of anilines is 2. The number of carbonyl (C=O) groups is 1. The lowest BCUT2D eigenvalue weighted by Crippen LogP contribution is -2.30. The average Bonchev–Trinajstić information content (AvgIpc) is 2.75. The number of benzene rings is 1. The number of rotatable bonds is 3. The number of carbonyl (C=O) groups excluding carboxylic acids is 1. The Balaban J connectivity index is 2.06. The third-order valence-electron chi connectivity index (χ3n) is 2.37. The normalized spacial score (nSPS) is 10.2. The van der Waals surface area contributed by atoms with Crippen molar-refractivity contribution in [2.24, 2.45) is 0 Å². The zero-order chi connectivity index (χ0) is 12.3. The number of aromatic nitrogens is 3. The molecule has 2 aromatic rings. The molecule has 1 aromatic carbocycles. The first-order valence-electron chi connectivity index (χ1n) is 5.13. The summed E-state index contributed by atoms with van der Waals surface area (Å²) in [5.41, 5.74) is 6.21. The first-order chi connectivity index (χ1) is 8.16. The van der Waals surface area contributed by atoms with Crippen molar-refractivity contribution < 1.29 is 4.79 Å². The number of amides is 1. The van der Waals surface area contributed by atoms with Gasteiger partial charge in [-0.3, -0.25) is 4.79 Å². The first kappa shape index (κ1) is 11.1. The molecule has 1 amide bonds. The van der Waals surface area contributed by atoms with Crippen molar-refractivity contribution in [3.8, 4) is 0 Å². The summed E-state index contributed by atoms with van der Waals surface area (Å²) in [6.07, 6.45) is 1.44. The van der Waals surface area contributed by atoms with Crippen LogP contribution >= 0.6 is 0 Å². The molecule has 0 bridgehead atoms. The van der Waals surface area contributed by atoms with E-state index in [4.69, 9.17) is 5.73 Å². The quantitative estimate of drug-likeness (QED) is 0.835. The van der Waals surface area contributed by atoms with Gasteiger partial charge in [0.2, 0.25) is 11.9 Å². The molecular weight excluding hydrogens is 218 g/mol. The lowest BCUT2D eigenvalue weighted by atomic mass is 10.3. The standard InChI is InChI=1S/C11H13N5O/c1-15(9-5-3-2-4-6-9)10(17)7-16-8-13-11(12)14-16/h2-6,8H,7H2,1H3,(H2,12,14). The second-order valence-corrected chi connectivity index (χ2v) is 3.59. The van der Waals surface area contributed by atoms with Crippen molar-refractivity contribution in [1.82, 2.24) is 14.8 Å². The number of para-hydroxylation sites is 1. The van der Waals surface area contributed by atoms with Gasteiger partial charge in [0, 0.05) is 12.7 Å². The van der Waals surface area contributed by atoms with Gasteiger partial charge in [0.1, 0.15) is 12.9 Å². The van der Waals surface area contributed by atoms with Gasteiger partial charge in [0.25, 0.3) is 0 Å². The summed E-state index contributed by atoms with van der Waals surface area (Å²) >= 11 is 0. The van der Waals surface area contributed by atoms with Gasteiger partial charge in [0.15, 0.2) is 0 Å². The maximum Gasteiger partial charge on any atom is 0.248 e. The molecule has 17 heavy (non-hydrogen) atoms. The fourth-order valence-electron chi connectivity index (χ4n) is 1.43. The smallest absolute Gasteiger partial charge is 0.248 e. The van der Waals surface area contributed by atoms with Crippen LogP contribution in [0.2, 0.25) is 0 Å². The Bertz CT molecular complexity index is 508. The van der Waals surface area contributed by atoms with E-state index < -0.39 is 0 Å². The fourth-order valence-corrected chi connectivity index (χ4v) is 1.43. The molecule has 6 heteroatoms. The van der Waals surface area contributed by atoms with E-state index in [2.05, 4.69) is 10.1 Å². The molecular formula is C11H13N5O. The average molecular weight is 231 g/mol. The number of nitrogens with two attached hydrogens (primary N) is 1. The van der Waals surface area contributed by atoms with Gasteiger partial charge < -0.3 is 10.6 Å². The second-order valence-electron chi connectivity index (χ2n) is 3.59. The molecule has 0 aliphatic rings. The molecule has 2 rings (SSSR count). The molecule has 2 N–H and O–H groups in total. The van der Waals surface area contributed by atoms with Crippen molar-refractivity contribution in [3.63, 3.8) is 0 Å². The van der Waals surface area contributed by atoms with Crippen LogP contribution in [0.1, 0.15) is 0 Å². The zero-order valence-electron chi connectivity index (χ0n) is 9.45. The number of likely N-dealkylation sites (N-methyl/N-ethyl adjacent to an activating group) is 1. The SMILES string of the molecule is CN(C(=O)Cn1cnc(N)n1)c1ccccc1. The predicted molar refractivity (Wildman–Crippen MR) is 64.3 cm³/mol. The van der Waals surface area contributed by atoms with E-state index in [0.29, 0.717) is 0 Å². The van der Waals surface area contributed by atoms with E-state index in [0.717, 1.165) is 5.69 Å². The molecule has 0 saturated carbocycles. The summed E-state index contributed by atoms with van der Waals surface area (Å²) in [4.78, 5) is 17.2. The van der Waals surface area contributed by atoms with Crippen LogP contribution in [-0.4, -0.2) is 27.7 Å². The van der Waals surface area contributed by atoms with E-state index in [9.17, 15) is 4.79 Å². The van der Waals surface area contributed by atoms with Gasteiger partial charge in [-0.05, 0) is 12.1 Å². The Morgan fingerprint density at radius 2 is 2.12 bits per heavy atom. The summed E-state index contributed by atoms with van der Waals surface area (Å²) < 4.78 is 1.41. The highest BCUT2D eigenvalue weighted by atomic mass is 16.2. The van der Waals surface area contributed by atoms with Gasteiger partial charge in [-0.25, -0.2) is 9.67 Å². The Labute approximate surface area is 98.7 Å². The van der Waals surface area contributed by atoms with Crippen LogP contribution in [0.5, 0.6) is 0 Å². The van der Waals surface area contributed by atoms with E-state index >= 15 is 0 Å². The van der Waals surface area contributed by atoms with Gasteiger partial charge in [-0.2, -0.15) is 0 Å². The van der Waals surface area contributed by atoms with Crippen molar-refractivity contribution in [3.05, 3.63) is 36.7 Å². The molecule has 1 aromatic heterocycles. The molecule has 0 unspecified atom stereocenters. The molecule has 6 nitrogen and oxygen atoms in total. The third-order valence-corrected chi connectivity index (χ3v) is 2.37. The summed E-state index contributed by atoms with van der Waals surface area (Å²) in [5.74, 6) is 0.0845. The van der Waals surface area contributed by atoms with Crippen LogP contribution in [0.25, 0.3) is 0 Å². The van der Waals surface area contributed by atoms with Crippen LogP contribution < -0.4 is 10.6 Å². The molecule has 0 aliphatic heterocycles. The molecule has 0 fully saturated rings. The molecule has 0 aliphatic carbocycles. The largest absolute Gasteiger partial charge is 0.367 e. The molecule has 0 radical (unpaired) electrons. The maximum absolute atomic E-state index is 11.9. The zero-order valence-corrected chi connectivity index (χ0v) is 9.45. The minimum atomic E-state index is -0.0823. The molecule has 88 valence electrons. The van der Waals surface area contributed by atoms with Crippen molar-refractivity contribution in [2.45, 2.75) is 6.54 Å². The third kappa shape index (κ3) is 2.60. The Morgan fingerprint density at radius 3 is 2.71 bits per heavy atom. The number of hydrogen-bond acceptors (Lipinski definition) is 4. The molecule has 0 atom stereocenters. The van der Waals surface area contributed by atoms with Gasteiger partial charge >= 0.3 is 0 Å². The second kappa shape index (κ2) is 4.65. The Hall–Kier alpha value is -2.37. The summed E-state index contributed by atoms with van der Waals surface area (Å²) in [6.45, 7) is 0.121. The number of nitrogens with zero attached hydrogens (tertiary/aromatic N) is 4. The van der Waals surface area contributed by atoms with Crippen molar-refractivity contribution in [2.75, 3.05) is 17.7 Å². The Kier molecular flexibility index (Phi) is 3.04. The number of nitrogen functional groups attached to an aromatic ring is 1. The number of hydrogen-bond donors (Lipinski definition) is 1.